The van der Waals surface area contributed by atoms with Crippen molar-refractivity contribution in [3.63, 3.8) is 0 Å². The number of hydrogen-bond donors (Lipinski definition) is 1. The van der Waals surface area contributed by atoms with Crippen LogP contribution < -0.4 is 15.4 Å². The summed E-state index contributed by atoms with van der Waals surface area (Å²) in [6.45, 7) is 0.570. The van der Waals surface area contributed by atoms with Crippen molar-refractivity contribution in [2.24, 2.45) is 12.8 Å². The molecule has 0 saturated heterocycles. The predicted octanol–water partition coefficient (Wildman–Crippen LogP) is 2.98. The van der Waals surface area contributed by atoms with Crippen molar-refractivity contribution in [3.05, 3.63) is 54.0 Å². The van der Waals surface area contributed by atoms with Gasteiger partial charge in [0.05, 0.1) is 5.69 Å². The number of aryl methyl sites for hydroxylation is 1. The third-order valence-electron chi connectivity index (χ3n) is 3.97. The summed E-state index contributed by atoms with van der Waals surface area (Å²) in [4.78, 5) is 6.34. The van der Waals surface area contributed by atoms with Crippen LogP contribution in [0.3, 0.4) is 0 Å². The van der Waals surface area contributed by atoms with E-state index in [9.17, 15) is 4.39 Å². The van der Waals surface area contributed by atoms with Crippen molar-refractivity contribution in [3.8, 4) is 22.9 Å². The molecule has 3 rings (SSSR count). The van der Waals surface area contributed by atoms with Crippen LogP contribution in [0.4, 0.5) is 10.2 Å². The van der Waals surface area contributed by atoms with Gasteiger partial charge in [-0.15, -0.1) is 0 Å². The van der Waals surface area contributed by atoms with Gasteiger partial charge in [0.1, 0.15) is 11.6 Å². The molecule has 2 heterocycles. The topological polar surface area (TPSA) is 69.2 Å². The van der Waals surface area contributed by atoms with Gasteiger partial charge in [-0.1, -0.05) is 6.07 Å². The number of nitrogens with zero attached hydrogens (tertiary/aromatic N) is 4. The van der Waals surface area contributed by atoms with Crippen LogP contribution in [-0.4, -0.2) is 35.4 Å². The van der Waals surface area contributed by atoms with E-state index < -0.39 is 0 Å². The van der Waals surface area contributed by atoms with E-state index in [1.807, 2.05) is 31.1 Å². The van der Waals surface area contributed by atoms with Gasteiger partial charge in [0.2, 0.25) is 5.88 Å². The van der Waals surface area contributed by atoms with E-state index in [4.69, 9.17) is 10.5 Å². The lowest BCUT2D eigenvalue weighted by Gasteiger charge is -2.11. The summed E-state index contributed by atoms with van der Waals surface area (Å²) in [6, 6.07) is 10.1. The normalized spacial score (nSPS) is 10.8. The van der Waals surface area contributed by atoms with Gasteiger partial charge in [-0.25, -0.2) is 9.07 Å². The van der Waals surface area contributed by atoms with E-state index in [-0.39, 0.29) is 5.82 Å². The van der Waals surface area contributed by atoms with Crippen molar-refractivity contribution in [1.29, 1.82) is 0 Å². The minimum atomic E-state index is -0.376. The van der Waals surface area contributed by atoms with Crippen LogP contribution in [-0.2, 0) is 13.5 Å². The molecule has 7 heteroatoms. The number of ether oxygens (including phenoxy) is 1. The van der Waals surface area contributed by atoms with Crippen LogP contribution in [0, 0.1) is 5.82 Å². The number of hydrogen-bond acceptors (Lipinski definition) is 5. The lowest BCUT2D eigenvalue weighted by Crippen LogP contribution is -2.09. The van der Waals surface area contributed by atoms with Gasteiger partial charge in [0.15, 0.2) is 5.82 Å². The van der Waals surface area contributed by atoms with E-state index in [2.05, 4.69) is 10.1 Å². The highest BCUT2D eigenvalue weighted by molar-refractivity contribution is 5.67. The molecule has 0 radical (unpaired) electrons. The maximum Gasteiger partial charge on any atom is 0.219 e. The standard InChI is InChI=1S/C19H22FN5O/c1-24(2)18-11-19(25(3)23-18)26-17-10-14(20)5-6-15(17)16-7-4-13(8-9-21)12-22-16/h4-7,10-12H,8-9,21H2,1-3H3. The van der Waals surface area contributed by atoms with Crippen molar-refractivity contribution < 1.29 is 9.13 Å². The summed E-state index contributed by atoms with van der Waals surface area (Å²) in [5, 5.41) is 4.36. The fraction of sp³-hybridized carbons (Fsp3) is 0.263. The molecule has 0 fully saturated rings. The Hall–Kier alpha value is -2.93. The molecule has 0 aliphatic rings. The zero-order chi connectivity index (χ0) is 18.7. The molecule has 0 atom stereocenters. The molecule has 0 saturated carbocycles. The van der Waals surface area contributed by atoms with Crippen LogP contribution in [0.2, 0.25) is 0 Å². The molecule has 0 aliphatic heterocycles. The third-order valence-corrected chi connectivity index (χ3v) is 3.97. The number of aromatic nitrogens is 3. The molecule has 2 N–H and O–H groups in total. The number of rotatable bonds is 6. The van der Waals surface area contributed by atoms with E-state index >= 15 is 0 Å². The third kappa shape index (κ3) is 3.83. The van der Waals surface area contributed by atoms with Crippen LogP contribution in [0.15, 0.2) is 42.6 Å². The zero-order valence-corrected chi connectivity index (χ0v) is 15.1. The number of benzene rings is 1. The van der Waals surface area contributed by atoms with Crippen molar-refractivity contribution >= 4 is 5.82 Å². The van der Waals surface area contributed by atoms with Gasteiger partial charge in [-0.3, -0.25) is 4.98 Å². The summed E-state index contributed by atoms with van der Waals surface area (Å²) < 4.78 is 21.4. The minimum absolute atomic E-state index is 0.376. The second kappa shape index (κ2) is 7.53. The lowest BCUT2D eigenvalue weighted by molar-refractivity contribution is 0.429. The number of nitrogens with two attached hydrogens (primary N) is 1. The summed E-state index contributed by atoms with van der Waals surface area (Å²) >= 11 is 0. The Labute approximate surface area is 152 Å². The summed E-state index contributed by atoms with van der Waals surface area (Å²) in [5.41, 5.74) is 8.04. The molecule has 1 aromatic carbocycles. The van der Waals surface area contributed by atoms with Crippen molar-refractivity contribution in [2.45, 2.75) is 6.42 Å². The quantitative estimate of drug-likeness (QED) is 0.736. The molecular weight excluding hydrogens is 333 g/mol. The Morgan fingerprint density at radius 3 is 2.62 bits per heavy atom. The number of pyridine rings is 1. The first-order valence-electron chi connectivity index (χ1n) is 8.32. The number of halogens is 1. The molecule has 26 heavy (non-hydrogen) atoms. The Kier molecular flexibility index (Phi) is 5.18. The first-order chi connectivity index (χ1) is 12.5. The summed E-state index contributed by atoms with van der Waals surface area (Å²) in [5.74, 6) is 1.28. The van der Waals surface area contributed by atoms with Crippen molar-refractivity contribution in [1.82, 2.24) is 14.8 Å². The first-order valence-corrected chi connectivity index (χ1v) is 8.32. The first kappa shape index (κ1) is 17.9. The Morgan fingerprint density at radius 2 is 2.00 bits per heavy atom. The van der Waals surface area contributed by atoms with E-state index in [1.165, 1.54) is 12.1 Å². The van der Waals surface area contributed by atoms with Crippen LogP contribution in [0.25, 0.3) is 11.3 Å². The second-order valence-electron chi connectivity index (χ2n) is 6.19. The second-order valence-corrected chi connectivity index (χ2v) is 6.19. The Morgan fingerprint density at radius 1 is 1.19 bits per heavy atom. The van der Waals surface area contributed by atoms with E-state index in [0.717, 1.165) is 17.8 Å². The fourth-order valence-electron chi connectivity index (χ4n) is 2.55. The SMILES string of the molecule is CN(C)c1cc(Oc2cc(F)ccc2-c2ccc(CCN)cn2)n(C)n1. The van der Waals surface area contributed by atoms with Gasteiger partial charge in [0.25, 0.3) is 0 Å². The maximum atomic E-state index is 13.8. The molecule has 0 amide bonds. The highest BCUT2D eigenvalue weighted by Gasteiger charge is 2.14. The van der Waals surface area contributed by atoms with Crippen LogP contribution >= 0.6 is 0 Å². The maximum absolute atomic E-state index is 13.8. The molecule has 0 aliphatic carbocycles. The monoisotopic (exact) mass is 355 g/mol. The Bertz CT molecular complexity index is 889. The van der Waals surface area contributed by atoms with Gasteiger partial charge < -0.3 is 15.4 Å². The minimum Gasteiger partial charge on any atom is -0.438 e. The largest absolute Gasteiger partial charge is 0.438 e. The molecule has 0 spiro atoms. The average molecular weight is 355 g/mol. The van der Waals surface area contributed by atoms with Gasteiger partial charge >= 0.3 is 0 Å². The predicted molar refractivity (Wildman–Crippen MR) is 100.0 cm³/mol. The molecule has 6 nitrogen and oxygen atoms in total. The highest BCUT2D eigenvalue weighted by atomic mass is 19.1. The van der Waals surface area contributed by atoms with Crippen LogP contribution in [0.5, 0.6) is 11.6 Å². The average Bonchev–Trinajstić information content (AvgIpc) is 2.97. The number of anilines is 1. The highest BCUT2D eigenvalue weighted by Crippen LogP contribution is 2.34. The summed E-state index contributed by atoms with van der Waals surface area (Å²) in [6.07, 6.45) is 2.55. The Balaban J connectivity index is 1.96. The lowest BCUT2D eigenvalue weighted by atomic mass is 10.1. The summed E-state index contributed by atoms with van der Waals surface area (Å²) in [7, 11) is 5.57. The van der Waals surface area contributed by atoms with Gasteiger partial charge in [-0.05, 0) is 36.7 Å². The smallest absolute Gasteiger partial charge is 0.219 e. The van der Waals surface area contributed by atoms with E-state index in [1.54, 1.807) is 30.1 Å². The molecule has 3 aromatic rings. The molecule has 136 valence electrons. The van der Waals surface area contributed by atoms with E-state index in [0.29, 0.717) is 29.4 Å². The molecular formula is C19H22FN5O. The fourth-order valence-corrected chi connectivity index (χ4v) is 2.55. The molecule has 0 bridgehead atoms. The van der Waals surface area contributed by atoms with Crippen molar-refractivity contribution in [2.75, 3.05) is 25.5 Å². The molecule has 0 unspecified atom stereocenters. The van der Waals surface area contributed by atoms with Gasteiger partial charge in [-0.2, -0.15) is 5.10 Å². The van der Waals surface area contributed by atoms with Crippen LogP contribution in [0.1, 0.15) is 5.56 Å². The zero-order valence-electron chi connectivity index (χ0n) is 15.1. The molecule has 2 aromatic heterocycles. The van der Waals surface area contributed by atoms with Gasteiger partial charge in [0, 0.05) is 45.0 Å².